The van der Waals surface area contributed by atoms with Crippen molar-refractivity contribution >= 4 is 0 Å². The van der Waals surface area contributed by atoms with E-state index in [9.17, 15) is 9.50 Å². The van der Waals surface area contributed by atoms with Gasteiger partial charge in [0.15, 0.2) is 0 Å². The third-order valence-electron chi connectivity index (χ3n) is 3.22. The number of hydrogen-bond donors (Lipinski definition) is 1. The maximum atomic E-state index is 13.2. The molecule has 0 saturated heterocycles. The zero-order valence-electron chi connectivity index (χ0n) is 11.3. The first-order valence-electron chi connectivity index (χ1n) is 6.21. The van der Waals surface area contributed by atoms with Crippen LogP contribution in [0.5, 0.6) is 0 Å². The zero-order valence-corrected chi connectivity index (χ0v) is 11.3. The highest BCUT2D eigenvalue weighted by Gasteiger charge is 2.14. The van der Waals surface area contributed by atoms with Crippen LogP contribution in [0.2, 0.25) is 0 Å². The quantitative estimate of drug-likeness (QED) is 0.923. The lowest BCUT2D eigenvalue weighted by Crippen LogP contribution is -2.08. The van der Waals surface area contributed by atoms with Crippen molar-refractivity contribution in [2.45, 2.75) is 33.3 Å². The normalized spacial score (nSPS) is 12.5. The van der Waals surface area contributed by atoms with Crippen molar-refractivity contribution in [3.63, 3.8) is 0 Å². The summed E-state index contributed by atoms with van der Waals surface area (Å²) in [5, 5.41) is 18.2. The molecule has 0 aliphatic heterocycles. The second-order valence-corrected chi connectivity index (χ2v) is 4.82. The van der Waals surface area contributed by atoms with Crippen LogP contribution in [-0.4, -0.2) is 15.3 Å². The van der Waals surface area contributed by atoms with Gasteiger partial charge in [0, 0.05) is 12.0 Å². The van der Waals surface area contributed by atoms with E-state index in [1.165, 1.54) is 12.1 Å². The second-order valence-electron chi connectivity index (χ2n) is 4.82. The van der Waals surface area contributed by atoms with Crippen molar-refractivity contribution in [1.29, 1.82) is 0 Å². The van der Waals surface area contributed by atoms with Crippen molar-refractivity contribution in [3.8, 4) is 0 Å². The molecule has 19 heavy (non-hydrogen) atoms. The van der Waals surface area contributed by atoms with E-state index in [1.807, 2.05) is 26.8 Å². The minimum absolute atomic E-state index is 0.284. The van der Waals surface area contributed by atoms with E-state index in [1.54, 1.807) is 6.07 Å². The average molecular weight is 260 g/mol. The Morgan fingerprint density at radius 2 is 1.89 bits per heavy atom. The Morgan fingerprint density at radius 1 is 1.16 bits per heavy atom. The van der Waals surface area contributed by atoms with E-state index in [0.717, 1.165) is 22.4 Å². The van der Waals surface area contributed by atoms with Gasteiger partial charge in [0.25, 0.3) is 0 Å². The van der Waals surface area contributed by atoms with E-state index >= 15 is 0 Å². The second kappa shape index (κ2) is 5.45. The summed E-state index contributed by atoms with van der Waals surface area (Å²) in [5.41, 5.74) is 3.98. The van der Waals surface area contributed by atoms with Crippen LogP contribution in [0.4, 0.5) is 4.39 Å². The third kappa shape index (κ3) is 3.15. The van der Waals surface area contributed by atoms with Gasteiger partial charge in [-0.3, -0.25) is 0 Å². The Balaban J connectivity index is 2.27. The van der Waals surface area contributed by atoms with Crippen LogP contribution in [0, 0.1) is 26.6 Å². The molecular weight excluding hydrogens is 243 g/mol. The summed E-state index contributed by atoms with van der Waals surface area (Å²) in [5.74, 6) is -0.284. The van der Waals surface area contributed by atoms with Gasteiger partial charge in [-0.25, -0.2) is 4.39 Å². The number of aryl methyl sites for hydroxylation is 3. The monoisotopic (exact) mass is 260 g/mol. The Kier molecular flexibility index (Phi) is 3.90. The molecule has 0 radical (unpaired) electrons. The van der Waals surface area contributed by atoms with Gasteiger partial charge in [0.05, 0.1) is 17.5 Å². The molecule has 0 amide bonds. The van der Waals surface area contributed by atoms with Gasteiger partial charge >= 0.3 is 0 Å². The minimum Gasteiger partial charge on any atom is -0.388 e. The number of aromatic nitrogens is 2. The molecule has 2 aromatic rings. The highest BCUT2D eigenvalue weighted by molar-refractivity contribution is 5.30. The number of nitrogens with zero attached hydrogens (tertiary/aromatic N) is 2. The first-order valence-corrected chi connectivity index (χ1v) is 6.21. The lowest BCUT2D eigenvalue weighted by molar-refractivity contribution is 0.176. The van der Waals surface area contributed by atoms with E-state index in [2.05, 4.69) is 10.2 Å². The first kappa shape index (κ1) is 13.6. The van der Waals surface area contributed by atoms with Gasteiger partial charge in [-0.15, -0.1) is 0 Å². The highest BCUT2D eigenvalue weighted by atomic mass is 19.1. The fraction of sp³-hybridized carbons (Fsp3) is 0.333. The Hall–Kier alpha value is -1.81. The number of halogens is 1. The predicted molar refractivity (Wildman–Crippen MR) is 71.3 cm³/mol. The van der Waals surface area contributed by atoms with Gasteiger partial charge in [0.2, 0.25) is 0 Å². The molecule has 0 fully saturated rings. The molecule has 3 nitrogen and oxygen atoms in total. The number of aliphatic hydroxyl groups excluding tert-OH is 1. The van der Waals surface area contributed by atoms with Crippen molar-refractivity contribution in [2.24, 2.45) is 0 Å². The number of aliphatic hydroxyl groups is 1. The largest absolute Gasteiger partial charge is 0.388 e. The molecule has 1 aromatic heterocycles. The lowest BCUT2D eigenvalue weighted by atomic mass is 9.97. The summed E-state index contributed by atoms with van der Waals surface area (Å²) in [4.78, 5) is 0. The maximum absolute atomic E-state index is 13.2. The summed E-state index contributed by atoms with van der Waals surface area (Å²) in [7, 11) is 0. The predicted octanol–water partition coefficient (Wildman–Crippen LogP) is 2.82. The van der Waals surface area contributed by atoms with E-state index in [4.69, 9.17) is 0 Å². The summed E-state index contributed by atoms with van der Waals surface area (Å²) in [6.07, 6.45) is -0.329. The standard InChI is InChI=1S/C15H17FN2O/c1-9-4-5-13(16)7-12(9)8-15(19)14-6-10(2)17-18-11(14)3/h4-7,15,19H,8H2,1-3H3. The van der Waals surface area contributed by atoms with Crippen LogP contribution >= 0.6 is 0 Å². The molecule has 1 N–H and O–H groups in total. The topological polar surface area (TPSA) is 46.0 Å². The smallest absolute Gasteiger partial charge is 0.123 e. The Morgan fingerprint density at radius 3 is 2.63 bits per heavy atom. The van der Waals surface area contributed by atoms with Crippen LogP contribution in [0.3, 0.4) is 0 Å². The molecule has 1 aromatic carbocycles. The molecule has 2 rings (SSSR count). The number of hydrogen-bond acceptors (Lipinski definition) is 3. The Labute approximate surface area is 112 Å². The van der Waals surface area contributed by atoms with Crippen LogP contribution in [0.15, 0.2) is 24.3 Å². The fourth-order valence-electron chi connectivity index (χ4n) is 2.09. The molecule has 1 unspecified atom stereocenters. The van der Waals surface area contributed by atoms with Crippen LogP contribution in [-0.2, 0) is 6.42 Å². The van der Waals surface area contributed by atoms with Gasteiger partial charge in [0.1, 0.15) is 5.82 Å². The molecule has 0 bridgehead atoms. The SMILES string of the molecule is Cc1cc(C(O)Cc2cc(F)ccc2C)c(C)nn1. The van der Waals surface area contributed by atoms with Gasteiger partial charge in [-0.1, -0.05) is 6.07 Å². The van der Waals surface area contributed by atoms with Crippen molar-refractivity contribution < 1.29 is 9.50 Å². The molecular formula is C15H17FN2O. The molecule has 100 valence electrons. The van der Waals surface area contributed by atoms with E-state index < -0.39 is 6.10 Å². The molecule has 4 heteroatoms. The third-order valence-corrected chi connectivity index (χ3v) is 3.22. The van der Waals surface area contributed by atoms with Crippen molar-refractivity contribution in [3.05, 3.63) is 58.2 Å². The van der Waals surface area contributed by atoms with E-state index in [-0.39, 0.29) is 5.82 Å². The van der Waals surface area contributed by atoms with Crippen molar-refractivity contribution in [2.75, 3.05) is 0 Å². The van der Waals surface area contributed by atoms with Gasteiger partial charge < -0.3 is 5.11 Å². The van der Waals surface area contributed by atoms with E-state index in [0.29, 0.717) is 12.1 Å². The summed E-state index contributed by atoms with van der Waals surface area (Å²) < 4.78 is 13.2. The number of rotatable bonds is 3. The molecule has 0 spiro atoms. The fourth-order valence-corrected chi connectivity index (χ4v) is 2.09. The lowest BCUT2D eigenvalue weighted by Gasteiger charge is -2.15. The summed E-state index contributed by atoms with van der Waals surface area (Å²) in [6.45, 7) is 5.55. The molecule has 1 atom stereocenters. The summed E-state index contributed by atoms with van der Waals surface area (Å²) in [6, 6.07) is 6.44. The zero-order chi connectivity index (χ0) is 14.0. The van der Waals surface area contributed by atoms with Crippen molar-refractivity contribution in [1.82, 2.24) is 10.2 Å². The summed E-state index contributed by atoms with van der Waals surface area (Å²) >= 11 is 0. The van der Waals surface area contributed by atoms with Crippen LogP contribution in [0.1, 0.15) is 34.2 Å². The molecule has 0 saturated carbocycles. The highest BCUT2D eigenvalue weighted by Crippen LogP contribution is 2.23. The molecule has 1 heterocycles. The number of benzene rings is 1. The van der Waals surface area contributed by atoms with Gasteiger partial charge in [-0.2, -0.15) is 10.2 Å². The van der Waals surface area contributed by atoms with Crippen LogP contribution in [0.25, 0.3) is 0 Å². The first-order chi connectivity index (χ1) is 8.97. The molecule has 0 aliphatic carbocycles. The van der Waals surface area contributed by atoms with Gasteiger partial charge in [-0.05, 0) is 50.1 Å². The minimum atomic E-state index is -0.699. The van der Waals surface area contributed by atoms with Crippen LogP contribution < -0.4 is 0 Å². The molecule has 0 aliphatic rings. The Bertz CT molecular complexity index is 599. The maximum Gasteiger partial charge on any atom is 0.123 e. The average Bonchev–Trinajstić information content (AvgIpc) is 2.36.